The van der Waals surface area contributed by atoms with E-state index >= 15 is 0 Å². The third-order valence-electron chi connectivity index (χ3n) is 6.05. The Morgan fingerprint density at radius 1 is 1.14 bits per heavy atom. The molecule has 0 unspecified atom stereocenters. The van der Waals surface area contributed by atoms with Crippen molar-refractivity contribution in [3.8, 4) is 0 Å². The van der Waals surface area contributed by atoms with Crippen molar-refractivity contribution in [2.45, 2.75) is 45.2 Å². The van der Waals surface area contributed by atoms with Crippen LogP contribution in [0.25, 0.3) is 0 Å². The first kappa shape index (κ1) is 26.1. The summed E-state index contributed by atoms with van der Waals surface area (Å²) in [6, 6.07) is 8.42. The summed E-state index contributed by atoms with van der Waals surface area (Å²) in [6.45, 7) is 3.42. The van der Waals surface area contributed by atoms with Gasteiger partial charge < -0.3 is 21.7 Å². The topological polar surface area (TPSA) is 119 Å². The highest BCUT2D eigenvalue weighted by molar-refractivity contribution is 5.95. The van der Waals surface area contributed by atoms with Gasteiger partial charge in [-0.1, -0.05) is 12.1 Å². The normalized spacial score (nSPS) is 13.9. The van der Waals surface area contributed by atoms with Crippen molar-refractivity contribution in [1.29, 1.82) is 0 Å². The third-order valence-corrected chi connectivity index (χ3v) is 6.05. The van der Waals surface area contributed by atoms with Gasteiger partial charge in [0.2, 0.25) is 5.95 Å². The molecule has 0 saturated carbocycles. The smallest absolute Gasteiger partial charge is 0.399 e. The molecule has 8 nitrogen and oxygen atoms in total. The van der Waals surface area contributed by atoms with Gasteiger partial charge in [-0.15, -0.1) is 0 Å². The molecule has 0 saturated heterocycles. The molecule has 4 rings (SSSR count). The van der Waals surface area contributed by atoms with E-state index in [0.29, 0.717) is 11.3 Å². The first-order valence-electron chi connectivity index (χ1n) is 11.4. The molecule has 1 aliphatic rings. The fourth-order valence-corrected chi connectivity index (χ4v) is 4.17. The second kappa shape index (κ2) is 9.51. The molecular weight excluding hydrogens is 492 g/mol. The number of anilines is 2. The van der Waals surface area contributed by atoms with E-state index in [-0.39, 0.29) is 48.8 Å². The first-order valence-corrected chi connectivity index (χ1v) is 11.4. The zero-order valence-electron chi connectivity index (χ0n) is 20.2. The second-order valence-electron chi connectivity index (χ2n) is 9.42. The van der Waals surface area contributed by atoms with E-state index in [9.17, 15) is 27.2 Å². The van der Waals surface area contributed by atoms with Gasteiger partial charge in [0.1, 0.15) is 5.82 Å². The van der Waals surface area contributed by atoms with Crippen LogP contribution < -0.4 is 22.3 Å². The number of amides is 1. The number of hydrogen-bond acceptors (Lipinski definition) is 6. The van der Waals surface area contributed by atoms with Gasteiger partial charge in [-0.05, 0) is 49.7 Å². The lowest BCUT2D eigenvalue weighted by Gasteiger charge is -2.32. The number of halogens is 4. The molecule has 37 heavy (non-hydrogen) atoms. The van der Waals surface area contributed by atoms with Crippen LogP contribution in [0.2, 0.25) is 0 Å². The highest BCUT2D eigenvalue weighted by atomic mass is 19.4. The molecule has 5 N–H and O–H groups in total. The van der Waals surface area contributed by atoms with Crippen molar-refractivity contribution in [3.63, 3.8) is 0 Å². The van der Waals surface area contributed by atoms with Crippen LogP contribution in [0.5, 0.6) is 0 Å². The number of fused-ring (bicyclic) bond motifs is 1. The van der Waals surface area contributed by atoms with E-state index in [0.717, 1.165) is 18.2 Å². The summed E-state index contributed by atoms with van der Waals surface area (Å²) in [5.74, 6) is -1.18. The SMILES string of the molecule is CC(C)(N)n1c(NCc2ccc(C(F)(F)F)cc2)nc2c(c1=O)CN(C(=O)c1ccc(N)cc1F)CC2. The van der Waals surface area contributed by atoms with Crippen LogP contribution in [0.15, 0.2) is 47.3 Å². The van der Waals surface area contributed by atoms with Crippen molar-refractivity contribution in [3.05, 3.63) is 86.6 Å². The van der Waals surface area contributed by atoms with E-state index in [2.05, 4.69) is 10.3 Å². The average molecular weight is 519 g/mol. The van der Waals surface area contributed by atoms with Gasteiger partial charge in [0, 0.05) is 25.2 Å². The molecule has 0 bridgehead atoms. The number of hydrogen-bond donors (Lipinski definition) is 3. The van der Waals surface area contributed by atoms with Crippen LogP contribution in [-0.4, -0.2) is 26.9 Å². The minimum absolute atomic E-state index is 0.0842. The number of alkyl halides is 3. The number of rotatable bonds is 5. The standard InChI is InChI=1S/C25H26F4N6O2/c1-24(2,31)35-22(37)18-13-34(21(36)17-8-7-16(30)11-19(17)26)10-9-20(18)33-23(35)32-12-14-3-5-15(6-4-14)25(27,28)29/h3-8,11H,9-10,12-13,30-31H2,1-2H3,(H,32,33). The summed E-state index contributed by atoms with van der Waals surface area (Å²) < 4.78 is 54.1. The molecule has 1 amide bonds. The number of carbonyl (C=O) groups excluding carboxylic acids is 1. The van der Waals surface area contributed by atoms with Crippen molar-refractivity contribution in [1.82, 2.24) is 14.5 Å². The van der Waals surface area contributed by atoms with E-state index in [1.54, 1.807) is 13.8 Å². The minimum Gasteiger partial charge on any atom is -0.399 e. The predicted molar refractivity (Wildman–Crippen MR) is 130 cm³/mol. The summed E-state index contributed by atoms with van der Waals surface area (Å²) in [5.41, 5.74) is 10.7. The summed E-state index contributed by atoms with van der Waals surface area (Å²) >= 11 is 0. The van der Waals surface area contributed by atoms with Gasteiger partial charge in [0.05, 0.1) is 34.6 Å². The predicted octanol–water partition coefficient (Wildman–Crippen LogP) is 3.45. The van der Waals surface area contributed by atoms with Crippen LogP contribution >= 0.6 is 0 Å². The fraction of sp³-hybridized carbons (Fsp3) is 0.320. The zero-order valence-corrected chi connectivity index (χ0v) is 20.2. The number of carbonyl (C=O) groups is 1. The van der Waals surface area contributed by atoms with Gasteiger partial charge in [-0.3, -0.25) is 14.2 Å². The van der Waals surface area contributed by atoms with Crippen molar-refractivity contribution < 1.29 is 22.4 Å². The van der Waals surface area contributed by atoms with E-state index < -0.39 is 34.7 Å². The Kier molecular flexibility index (Phi) is 6.72. The lowest BCUT2D eigenvalue weighted by Crippen LogP contribution is -2.49. The van der Waals surface area contributed by atoms with Crippen LogP contribution in [0, 0.1) is 5.82 Å². The number of aromatic nitrogens is 2. The molecular formula is C25H26F4N6O2. The number of benzene rings is 2. The lowest BCUT2D eigenvalue weighted by atomic mass is 10.0. The summed E-state index contributed by atoms with van der Waals surface area (Å²) in [6.07, 6.45) is -4.20. The lowest BCUT2D eigenvalue weighted by molar-refractivity contribution is -0.137. The highest BCUT2D eigenvalue weighted by Gasteiger charge is 2.32. The van der Waals surface area contributed by atoms with Crippen molar-refractivity contribution in [2.24, 2.45) is 5.73 Å². The average Bonchev–Trinajstić information content (AvgIpc) is 2.81. The zero-order chi connectivity index (χ0) is 27.1. The third kappa shape index (κ3) is 5.43. The van der Waals surface area contributed by atoms with Crippen LogP contribution in [-0.2, 0) is 31.3 Å². The Morgan fingerprint density at radius 3 is 2.41 bits per heavy atom. The van der Waals surface area contributed by atoms with Crippen LogP contribution in [0.4, 0.5) is 29.2 Å². The minimum atomic E-state index is -4.44. The summed E-state index contributed by atoms with van der Waals surface area (Å²) in [5, 5.41) is 3.01. The number of nitrogens with two attached hydrogens (primary N) is 2. The largest absolute Gasteiger partial charge is 0.416 e. The highest BCUT2D eigenvalue weighted by Crippen LogP contribution is 2.29. The maximum absolute atomic E-state index is 14.3. The summed E-state index contributed by atoms with van der Waals surface area (Å²) in [4.78, 5) is 32.4. The monoisotopic (exact) mass is 518 g/mol. The number of nitrogen functional groups attached to an aromatic ring is 1. The van der Waals surface area contributed by atoms with Crippen molar-refractivity contribution in [2.75, 3.05) is 17.6 Å². The Bertz CT molecular complexity index is 1390. The van der Waals surface area contributed by atoms with Gasteiger partial charge in [-0.2, -0.15) is 13.2 Å². The van der Waals surface area contributed by atoms with Crippen molar-refractivity contribution >= 4 is 17.5 Å². The quantitative estimate of drug-likeness (QED) is 0.352. The molecule has 2 heterocycles. The Morgan fingerprint density at radius 2 is 1.81 bits per heavy atom. The number of nitrogens with zero attached hydrogens (tertiary/aromatic N) is 3. The van der Waals surface area contributed by atoms with Crippen LogP contribution in [0.3, 0.4) is 0 Å². The van der Waals surface area contributed by atoms with E-state index in [1.807, 2.05) is 0 Å². The Balaban J connectivity index is 1.62. The number of nitrogens with one attached hydrogen (secondary N) is 1. The maximum Gasteiger partial charge on any atom is 0.416 e. The molecule has 0 radical (unpaired) electrons. The molecule has 2 aromatic carbocycles. The molecule has 0 fully saturated rings. The van der Waals surface area contributed by atoms with Crippen LogP contribution in [0.1, 0.15) is 46.6 Å². The molecule has 12 heteroatoms. The molecule has 1 aliphatic heterocycles. The second-order valence-corrected chi connectivity index (χ2v) is 9.42. The molecule has 0 atom stereocenters. The summed E-state index contributed by atoms with van der Waals surface area (Å²) in [7, 11) is 0. The molecule has 1 aromatic heterocycles. The molecule has 3 aromatic rings. The van der Waals surface area contributed by atoms with E-state index in [1.165, 1.54) is 33.7 Å². The Labute approximate surface area is 209 Å². The molecule has 0 aliphatic carbocycles. The van der Waals surface area contributed by atoms with Gasteiger partial charge >= 0.3 is 6.18 Å². The molecule has 196 valence electrons. The van der Waals surface area contributed by atoms with Gasteiger partial charge in [-0.25, -0.2) is 9.37 Å². The molecule has 0 spiro atoms. The first-order chi connectivity index (χ1) is 17.3. The van der Waals surface area contributed by atoms with E-state index in [4.69, 9.17) is 11.5 Å². The maximum atomic E-state index is 14.3. The van der Waals surface area contributed by atoms with Gasteiger partial charge in [0.15, 0.2) is 0 Å². The van der Waals surface area contributed by atoms with Gasteiger partial charge in [0.25, 0.3) is 11.5 Å². The fourth-order valence-electron chi connectivity index (χ4n) is 4.17. The Hall–Kier alpha value is -3.93.